The fourth-order valence-corrected chi connectivity index (χ4v) is 2.20. The van der Waals surface area contributed by atoms with E-state index in [2.05, 4.69) is 5.32 Å². The van der Waals surface area contributed by atoms with E-state index in [1.165, 1.54) is 0 Å². The fourth-order valence-electron chi connectivity index (χ4n) is 1.79. The summed E-state index contributed by atoms with van der Waals surface area (Å²) < 4.78 is 0. The predicted molar refractivity (Wildman–Crippen MR) is 75.3 cm³/mol. The van der Waals surface area contributed by atoms with Crippen LogP contribution in [0.15, 0.2) is 12.1 Å². The number of carbonyl (C=O) groups is 1. The number of nitrogens with one attached hydrogen (secondary N) is 1. The predicted octanol–water partition coefficient (Wildman–Crippen LogP) is 3.60. The first kappa shape index (κ1) is 14.8. The third-order valence-electron chi connectivity index (χ3n) is 2.67. The van der Waals surface area contributed by atoms with Crippen LogP contribution in [0.1, 0.15) is 31.4 Å². The van der Waals surface area contributed by atoms with Crippen LogP contribution in [-0.4, -0.2) is 16.4 Å². The van der Waals surface area contributed by atoms with Crippen molar-refractivity contribution in [2.45, 2.75) is 39.5 Å². The molecule has 1 aromatic rings. The molecular weight excluding hydrogens is 250 g/mol. The number of amides is 1. The second-order valence-electron chi connectivity index (χ2n) is 5.06. The third kappa shape index (κ3) is 3.91. The van der Waals surface area contributed by atoms with Gasteiger partial charge in [0.2, 0.25) is 5.91 Å². The van der Waals surface area contributed by atoms with E-state index in [1.54, 1.807) is 13.0 Å². The Morgan fingerprint density at radius 1 is 1.39 bits per heavy atom. The molecule has 4 heteroatoms. The molecular formula is C14H20ClNO2. The van der Waals surface area contributed by atoms with E-state index in [0.717, 1.165) is 11.1 Å². The van der Waals surface area contributed by atoms with E-state index < -0.39 is 5.38 Å². The number of phenolic OH excluding ortho intramolecular Hbond substituents is 1. The number of carbonyl (C=O) groups excluding carboxylic acids is 1. The van der Waals surface area contributed by atoms with Gasteiger partial charge in [-0.2, -0.15) is 0 Å². The monoisotopic (exact) mass is 269 g/mol. The zero-order valence-corrected chi connectivity index (χ0v) is 12.0. The van der Waals surface area contributed by atoms with Crippen molar-refractivity contribution in [1.82, 2.24) is 0 Å². The van der Waals surface area contributed by atoms with Crippen molar-refractivity contribution >= 4 is 23.2 Å². The van der Waals surface area contributed by atoms with Crippen LogP contribution in [0.3, 0.4) is 0 Å². The molecule has 100 valence electrons. The Bertz CT molecular complexity index is 444. The maximum Gasteiger partial charge on any atom is 0.242 e. The highest BCUT2D eigenvalue weighted by atomic mass is 35.5. The van der Waals surface area contributed by atoms with Gasteiger partial charge in [-0.3, -0.25) is 4.79 Å². The number of aromatic hydroxyl groups is 1. The highest BCUT2D eigenvalue weighted by molar-refractivity contribution is 6.32. The van der Waals surface area contributed by atoms with E-state index in [9.17, 15) is 9.90 Å². The maximum absolute atomic E-state index is 11.9. The van der Waals surface area contributed by atoms with Crippen molar-refractivity contribution in [3.05, 3.63) is 23.3 Å². The molecule has 0 aliphatic rings. The first-order valence-corrected chi connectivity index (χ1v) is 6.50. The van der Waals surface area contributed by atoms with Crippen LogP contribution in [0.5, 0.6) is 5.75 Å². The number of rotatable bonds is 4. The van der Waals surface area contributed by atoms with Gasteiger partial charge >= 0.3 is 0 Å². The van der Waals surface area contributed by atoms with Crippen LogP contribution in [0.25, 0.3) is 0 Å². The molecule has 1 atom stereocenters. The van der Waals surface area contributed by atoms with E-state index in [4.69, 9.17) is 11.6 Å². The van der Waals surface area contributed by atoms with Gasteiger partial charge < -0.3 is 10.4 Å². The minimum absolute atomic E-state index is 0.0994. The van der Waals surface area contributed by atoms with E-state index in [1.807, 2.05) is 26.8 Å². The molecule has 1 aromatic carbocycles. The maximum atomic E-state index is 11.9. The summed E-state index contributed by atoms with van der Waals surface area (Å²) >= 11 is 6.01. The lowest BCUT2D eigenvalue weighted by atomic mass is 10.1. The SMILES string of the molecule is Cc1cc(C)c(O)c(NC(=O)[C@@H](Cl)CC(C)C)c1. The van der Waals surface area contributed by atoms with Gasteiger partial charge in [-0.05, 0) is 43.4 Å². The Morgan fingerprint density at radius 2 is 2.00 bits per heavy atom. The number of anilines is 1. The van der Waals surface area contributed by atoms with Crippen LogP contribution in [0.2, 0.25) is 0 Å². The molecule has 0 aliphatic carbocycles. The smallest absolute Gasteiger partial charge is 0.242 e. The summed E-state index contributed by atoms with van der Waals surface area (Å²) in [6.07, 6.45) is 0.610. The summed E-state index contributed by atoms with van der Waals surface area (Å²) in [5.41, 5.74) is 2.14. The topological polar surface area (TPSA) is 49.3 Å². The molecule has 1 amide bonds. The van der Waals surface area contributed by atoms with Gasteiger partial charge in [0, 0.05) is 0 Å². The number of benzene rings is 1. The minimum atomic E-state index is -0.579. The Balaban J connectivity index is 2.82. The molecule has 0 saturated carbocycles. The largest absolute Gasteiger partial charge is 0.505 e. The number of halogens is 1. The molecule has 0 heterocycles. The van der Waals surface area contributed by atoms with Crippen molar-refractivity contribution in [2.75, 3.05) is 5.32 Å². The van der Waals surface area contributed by atoms with Crippen molar-refractivity contribution in [2.24, 2.45) is 5.92 Å². The van der Waals surface area contributed by atoms with E-state index >= 15 is 0 Å². The van der Waals surface area contributed by atoms with Crippen molar-refractivity contribution in [3.63, 3.8) is 0 Å². The average Bonchev–Trinajstić information content (AvgIpc) is 2.24. The second kappa shape index (κ2) is 6.10. The number of hydrogen-bond acceptors (Lipinski definition) is 2. The summed E-state index contributed by atoms with van der Waals surface area (Å²) in [6.45, 7) is 7.73. The zero-order chi connectivity index (χ0) is 13.9. The van der Waals surface area contributed by atoms with Gasteiger partial charge in [-0.15, -0.1) is 11.6 Å². The molecule has 0 fully saturated rings. The van der Waals surface area contributed by atoms with Crippen molar-refractivity contribution in [3.8, 4) is 5.75 Å². The lowest BCUT2D eigenvalue weighted by Crippen LogP contribution is -2.24. The number of aryl methyl sites for hydroxylation is 2. The summed E-state index contributed by atoms with van der Waals surface area (Å²) in [5.74, 6) is 0.180. The van der Waals surface area contributed by atoms with Crippen LogP contribution < -0.4 is 5.32 Å². The Morgan fingerprint density at radius 3 is 2.56 bits per heavy atom. The number of phenols is 1. The van der Waals surface area contributed by atoms with Gasteiger partial charge in [0.15, 0.2) is 0 Å². The Labute approximate surface area is 113 Å². The van der Waals surface area contributed by atoms with Gasteiger partial charge in [-0.1, -0.05) is 19.9 Å². The third-order valence-corrected chi connectivity index (χ3v) is 3.04. The average molecular weight is 270 g/mol. The molecule has 0 saturated heterocycles. The summed E-state index contributed by atoms with van der Waals surface area (Å²) in [5, 5.41) is 12.0. The molecule has 0 aromatic heterocycles. The number of hydrogen-bond donors (Lipinski definition) is 2. The van der Waals surface area contributed by atoms with Crippen LogP contribution >= 0.6 is 11.6 Å². The van der Waals surface area contributed by atoms with Gasteiger partial charge in [0.05, 0.1) is 5.69 Å². The lowest BCUT2D eigenvalue weighted by Gasteiger charge is -2.14. The summed E-state index contributed by atoms with van der Waals surface area (Å²) in [4.78, 5) is 11.9. The Hall–Kier alpha value is -1.22. The molecule has 2 N–H and O–H groups in total. The van der Waals surface area contributed by atoms with Crippen LogP contribution in [-0.2, 0) is 4.79 Å². The van der Waals surface area contributed by atoms with Crippen LogP contribution in [0.4, 0.5) is 5.69 Å². The van der Waals surface area contributed by atoms with Crippen molar-refractivity contribution in [1.29, 1.82) is 0 Å². The molecule has 0 bridgehead atoms. The molecule has 0 radical (unpaired) electrons. The normalized spacial score (nSPS) is 12.6. The lowest BCUT2D eigenvalue weighted by molar-refractivity contribution is -0.116. The molecule has 3 nitrogen and oxygen atoms in total. The zero-order valence-electron chi connectivity index (χ0n) is 11.2. The minimum Gasteiger partial charge on any atom is -0.505 e. The Kier molecular flexibility index (Phi) is 5.03. The summed E-state index contributed by atoms with van der Waals surface area (Å²) in [6, 6.07) is 3.59. The van der Waals surface area contributed by atoms with E-state index in [-0.39, 0.29) is 11.7 Å². The molecule has 0 spiro atoms. The first-order chi connectivity index (χ1) is 8.31. The van der Waals surface area contributed by atoms with Gasteiger partial charge in [0.25, 0.3) is 0 Å². The van der Waals surface area contributed by atoms with E-state index in [0.29, 0.717) is 18.0 Å². The highest BCUT2D eigenvalue weighted by Gasteiger charge is 2.18. The molecule has 1 rings (SSSR count). The van der Waals surface area contributed by atoms with Gasteiger partial charge in [0.1, 0.15) is 11.1 Å². The highest BCUT2D eigenvalue weighted by Crippen LogP contribution is 2.29. The second-order valence-corrected chi connectivity index (χ2v) is 5.59. The quantitative estimate of drug-likeness (QED) is 0.648. The molecule has 18 heavy (non-hydrogen) atoms. The van der Waals surface area contributed by atoms with Crippen LogP contribution in [0, 0.1) is 19.8 Å². The molecule has 0 aliphatic heterocycles. The van der Waals surface area contributed by atoms with Gasteiger partial charge in [-0.25, -0.2) is 0 Å². The van der Waals surface area contributed by atoms with Crippen molar-refractivity contribution < 1.29 is 9.90 Å². The molecule has 0 unspecified atom stereocenters. The number of alkyl halides is 1. The first-order valence-electron chi connectivity index (χ1n) is 6.06. The standard InChI is InChI=1S/C14H20ClNO2/c1-8(2)5-11(15)14(18)16-12-7-9(3)6-10(4)13(12)17/h6-8,11,17H,5H2,1-4H3,(H,16,18)/t11-/m0/s1. The summed E-state index contributed by atoms with van der Waals surface area (Å²) in [7, 11) is 0. The fraction of sp³-hybridized carbons (Fsp3) is 0.500.